The van der Waals surface area contributed by atoms with Gasteiger partial charge in [-0.1, -0.05) is 30.3 Å². The van der Waals surface area contributed by atoms with Gasteiger partial charge in [0.05, 0.1) is 17.2 Å². The largest absolute Gasteiger partial charge is 0.461 e. The van der Waals surface area contributed by atoms with E-state index in [1.54, 1.807) is 38.1 Å². The van der Waals surface area contributed by atoms with Gasteiger partial charge in [-0.05, 0) is 50.1 Å². The van der Waals surface area contributed by atoms with Crippen LogP contribution in [-0.2, 0) is 24.3 Å². The highest BCUT2D eigenvalue weighted by atomic mass is 32.2. The summed E-state index contributed by atoms with van der Waals surface area (Å²) in [4.78, 5) is 25.3. The number of esters is 1. The van der Waals surface area contributed by atoms with E-state index >= 15 is 0 Å². The quantitative estimate of drug-likeness (QED) is 0.425. The first-order valence-electron chi connectivity index (χ1n) is 10.7. The second-order valence-electron chi connectivity index (χ2n) is 7.62. The van der Waals surface area contributed by atoms with Gasteiger partial charge in [-0.3, -0.25) is 9.80 Å². The van der Waals surface area contributed by atoms with Gasteiger partial charge in [0.2, 0.25) is 15.9 Å². The lowest BCUT2D eigenvalue weighted by Crippen LogP contribution is -2.45. The minimum atomic E-state index is -3.71. The van der Waals surface area contributed by atoms with Gasteiger partial charge in [0, 0.05) is 19.5 Å². The van der Waals surface area contributed by atoms with Gasteiger partial charge in [-0.25, -0.2) is 17.9 Å². The third kappa shape index (κ3) is 5.96. The highest BCUT2D eigenvalue weighted by molar-refractivity contribution is 7.89. The number of nitrogens with one attached hydrogen (secondary N) is 2. The number of carbonyl (C=O) groups excluding carboxylic acids is 2. The molecule has 0 saturated heterocycles. The third-order valence-corrected chi connectivity index (χ3v) is 6.70. The summed E-state index contributed by atoms with van der Waals surface area (Å²) in [6, 6.07) is 13.5. The molecule has 0 radical (unpaired) electrons. The molecular formula is C23H28N4O5S. The predicted molar refractivity (Wildman–Crippen MR) is 126 cm³/mol. The second-order valence-corrected chi connectivity index (χ2v) is 9.36. The lowest BCUT2D eigenvalue weighted by atomic mass is 10.1. The van der Waals surface area contributed by atoms with Crippen LogP contribution in [0, 0.1) is 13.8 Å². The maximum absolute atomic E-state index is 12.9. The molecular weight excluding hydrogens is 444 g/mol. The summed E-state index contributed by atoms with van der Waals surface area (Å²) < 4.78 is 32.8. The van der Waals surface area contributed by atoms with E-state index < -0.39 is 22.0 Å². The molecule has 0 fully saturated rings. The van der Waals surface area contributed by atoms with Crippen molar-refractivity contribution in [2.24, 2.45) is 5.10 Å². The average molecular weight is 473 g/mol. The summed E-state index contributed by atoms with van der Waals surface area (Å²) in [7, 11) is -3.71. The summed E-state index contributed by atoms with van der Waals surface area (Å²) >= 11 is 0. The first-order chi connectivity index (χ1) is 15.7. The Labute approximate surface area is 193 Å². The number of sulfonamides is 1. The van der Waals surface area contributed by atoms with Crippen molar-refractivity contribution in [3.63, 3.8) is 0 Å². The summed E-state index contributed by atoms with van der Waals surface area (Å²) in [6.45, 7) is 5.56. The van der Waals surface area contributed by atoms with Crippen LogP contribution in [0.15, 0.2) is 58.5 Å². The molecule has 1 heterocycles. The fraction of sp³-hybridized carbons (Fsp3) is 0.348. The van der Waals surface area contributed by atoms with E-state index in [2.05, 4.69) is 15.1 Å². The fourth-order valence-electron chi connectivity index (χ4n) is 3.43. The zero-order chi connectivity index (χ0) is 24.0. The summed E-state index contributed by atoms with van der Waals surface area (Å²) in [5, 5.41) is 8.53. The molecule has 1 amide bonds. The van der Waals surface area contributed by atoms with Crippen molar-refractivity contribution in [2.45, 2.75) is 38.1 Å². The van der Waals surface area contributed by atoms with Gasteiger partial charge in [0.25, 0.3) is 0 Å². The van der Waals surface area contributed by atoms with Crippen molar-refractivity contribution >= 4 is 33.3 Å². The van der Waals surface area contributed by atoms with Gasteiger partial charge < -0.3 is 10.1 Å². The molecule has 2 aromatic carbocycles. The van der Waals surface area contributed by atoms with Gasteiger partial charge in [0.15, 0.2) is 0 Å². The molecule has 176 valence electrons. The first kappa shape index (κ1) is 24.4. The molecule has 9 nitrogen and oxygen atoms in total. The number of hydrazone groups is 1. The lowest BCUT2D eigenvalue weighted by Gasteiger charge is -2.22. The molecule has 0 spiro atoms. The average Bonchev–Trinajstić information content (AvgIpc) is 3.25. The maximum atomic E-state index is 12.9. The molecule has 0 bridgehead atoms. The Morgan fingerprint density at radius 3 is 2.55 bits per heavy atom. The number of rotatable bonds is 9. The van der Waals surface area contributed by atoms with E-state index in [4.69, 9.17) is 4.74 Å². The minimum Gasteiger partial charge on any atom is -0.461 e. The number of nitrogens with zero attached hydrogens (tertiary/aromatic N) is 2. The Kier molecular flexibility index (Phi) is 7.83. The standard InChI is InChI=1S/C23H28N4O5S/c1-4-32-23(29)19-15-20(27(26-19)18-8-6-5-7-9-18)22(28)24-12-13-25-33(30,31)21-14-16(2)10-11-17(21)3/h5-11,14,20,25H,4,12-13,15H2,1-3H3,(H,24,28). The first-order valence-corrected chi connectivity index (χ1v) is 12.1. The number of ether oxygens (including phenoxy) is 1. The van der Waals surface area contributed by atoms with E-state index in [0.29, 0.717) is 11.3 Å². The van der Waals surface area contributed by atoms with Crippen molar-refractivity contribution in [2.75, 3.05) is 24.7 Å². The van der Waals surface area contributed by atoms with Crippen LogP contribution in [-0.4, -0.2) is 51.7 Å². The summed E-state index contributed by atoms with van der Waals surface area (Å²) in [5.41, 5.74) is 2.31. The maximum Gasteiger partial charge on any atom is 0.354 e. The van der Waals surface area contributed by atoms with Crippen LogP contribution < -0.4 is 15.0 Å². The van der Waals surface area contributed by atoms with E-state index in [1.807, 2.05) is 31.2 Å². The number of benzene rings is 2. The number of hydrogen-bond acceptors (Lipinski definition) is 7. The molecule has 33 heavy (non-hydrogen) atoms. The lowest BCUT2D eigenvalue weighted by molar-refractivity contribution is -0.135. The zero-order valence-corrected chi connectivity index (χ0v) is 19.7. The van der Waals surface area contributed by atoms with E-state index in [9.17, 15) is 18.0 Å². The molecule has 2 N–H and O–H groups in total. The van der Waals surface area contributed by atoms with Crippen LogP contribution >= 0.6 is 0 Å². The van der Waals surface area contributed by atoms with Gasteiger partial charge in [0.1, 0.15) is 11.8 Å². The highest BCUT2D eigenvalue weighted by Gasteiger charge is 2.36. The number of amides is 1. The van der Waals surface area contributed by atoms with Crippen molar-refractivity contribution in [3.05, 3.63) is 59.7 Å². The van der Waals surface area contributed by atoms with Gasteiger partial charge in [-0.15, -0.1) is 0 Å². The van der Waals surface area contributed by atoms with Crippen LogP contribution in [0.3, 0.4) is 0 Å². The molecule has 2 aromatic rings. The van der Waals surface area contributed by atoms with Gasteiger partial charge in [-0.2, -0.15) is 5.10 Å². The van der Waals surface area contributed by atoms with Crippen LogP contribution in [0.2, 0.25) is 0 Å². The summed E-state index contributed by atoms with van der Waals surface area (Å²) in [5.74, 6) is -0.928. The number of para-hydroxylation sites is 1. The van der Waals surface area contributed by atoms with Crippen LogP contribution in [0.1, 0.15) is 24.5 Å². The molecule has 1 unspecified atom stereocenters. The van der Waals surface area contributed by atoms with Crippen LogP contribution in [0.5, 0.6) is 0 Å². The zero-order valence-electron chi connectivity index (χ0n) is 18.9. The van der Waals surface area contributed by atoms with E-state index in [-0.39, 0.29) is 42.6 Å². The minimum absolute atomic E-state index is 0.0190. The molecule has 0 saturated carbocycles. The SMILES string of the molecule is CCOC(=O)C1=NN(c2ccccc2)C(C(=O)NCCNS(=O)(=O)c2cc(C)ccc2C)C1. The Balaban J connectivity index is 1.63. The number of aryl methyl sites for hydroxylation is 2. The number of hydrogen-bond donors (Lipinski definition) is 2. The smallest absolute Gasteiger partial charge is 0.354 e. The third-order valence-electron chi connectivity index (χ3n) is 5.09. The fourth-order valence-corrected chi connectivity index (χ4v) is 4.79. The Morgan fingerprint density at radius 2 is 1.85 bits per heavy atom. The number of anilines is 1. The molecule has 1 atom stereocenters. The Morgan fingerprint density at radius 1 is 1.12 bits per heavy atom. The van der Waals surface area contributed by atoms with Crippen molar-refractivity contribution in [1.29, 1.82) is 0 Å². The monoisotopic (exact) mass is 472 g/mol. The van der Waals surface area contributed by atoms with Crippen LogP contribution in [0.4, 0.5) is 5.69 Å². The van der Waals surface area contributed by atoms with Crippen molar-refractivity contribution < 1.29 is 22.7 Å². The van der Waals surface area contributed by atoms with Crippen molar-refractivity contribution in [3.8, 4) is 0 Å². The second kappa shape index (κ2) is 10.6. The molecule has 3 rings (SSSR count). The van der Waals surface area contributed by atoms with Crippen LogP contribution in [0.25, 0.3) is 0 Å². The number of carbonyl (C=O) groups is 2. The Hall–Kier alpha value is -3.24. The Bertz CT molecular complexity index is 1150. The van der Waals surface area contributed by atoms with E-state index in [1.165, 1.54) is 5.01 Å². The highest BCUT2D eigenvalue weighted by Crippen LogP contribution is 2.25. The molecule has 1 aliphatic rings. The molecule has 1 aliphatic heterocycles. The summed E-state index contributed by atoms with van der Waals surface area (Å²) in [6.07, 6.45) is 0.0910. The molecule has 10 heteroatoms. The normalized spacial score (nSPS) is 15.8. The molecule has 0 aliphatic carbocycles. The molecule has 0 aromatic heterocycles. The van der Waals surface area contributed by atoms with Crippen molar-refractivity contribution in [1.82, 2.24) is 10.0 Å². The topological polar surface area (TPSA) is 117 Å². The van der Waals surface area contributed by atoms with Gasteiger partial charge >= 0.3 is 5.97 Å². The van der Waals surface area contributed by atoms with E-state index in [0.717, 1.165) is 5.56 Å². The predicted octanol–water partition coefficient (Wildman–Crippen LogP) is 1.90.